The van der Waals surface area contributed by atoms with E-state index in [9.17, 15) is 19.4 Å². The summed E-state index contributed by atoms with van der Waals surface area (Å²) in [5.74, 6) is -1.77. The first kappa shape index (κ1) is 13.3. The lowest BCUT2D eigenvalue weighted by Gasteiger charge is -2.38. The van der Waals surface area contributed by atoms with Crippen LogP contribution in [0.2, 0.25) is 5.02 Å². The van der Waals surface area contributed by atoms with E-state index in [4.69, 9.17) is 11.6 Å². The lowest BCUT2D eigenvalue weighted by atomic mass is 9.67. The molecule has 1 fully saturated rings. The number of carboxylic acids is 1. The van der Waals surface area contributed by atoms with Crippen LogP contribution in [0.3, 0.4) is 0 Å². The topological polar surface area (TPSA) is 57.5 Å². The zero-order valence-electron chi connectivity index (χ0n) is 9.70. The van der Waals surface area contributed by atoms with Crippen molar-refractivity contribution >= 4 is 17.6 Å². The van der Waals surface area contributed by atoms with Gasteiger partial charge in [0, 0.05) is 0 Å². The van der Waals surface area contributed by atoms with Crippen LogP contribution in [0.25, 0.3) is 0 Å². The van der Waals surface area contributed by atoms with Gasteiger partial charge in [0.1, 0.15) is 11.2 Å². The number of benzene rings is 1. The second-order valence-corrected chi connectivity index (χ2v) is 5.07. The zero-order valence-corrected chi connectivity index (χ0v) is 10.5. The highest BCUT2D eigenvalue weighted by Gasteiger charge is 2.48. The molecule has 1 saturated carbocycles. The Kier molecular flexibility index (Phi) is 3.59. The van der Waals surface area contributed by atoms with Gasteiger partial charge in [0.2, 0.25) is 0 Å². The summed E-state index contributed by atoms with van der Waals surface area (Å²) >= 11 is 5.60. The molecule has 5 heteroatoms. The van der Waals surface area contributed by atoms with E-state index < -0.39 is 23.3 Å². The minimum Gasteiger partial charge on any atom is -0.481 e. The number of hydrogen-bond acceptors (Lipinski definition) is 2. The minimum atomic E-state index is -1.41. The molecule has 1 aromatic rings. The van der Waals surface area contributed by atoms with Crippen LogP contribution in [0, 0.1) is 5.82 Å². The van der Waals surface area contributed by atoms with E-state index in [0.29, 0.717) is 19.3 Å². The van der Waals surface area contributed by atoms with E-state index in [0.717, 1.165) is 12.5 Å². The van der Waals surface area contributed by atoms with Gasteiger partial charge in [0.25, 0.3) is 0 Å². The molecule has 0 heterocycles. The summed E-state index contributed by atoms with van der Waals surface area (Å²) in [6.45, 7) is 0. The molecule has 18 heavy (non-hydrogen) atoms. The molecule has 2 atom stereocenters. The van der Waals surface area contributed by atoms with E-state index in [1.54, 1.807) is 0 Å². The van der Waals surface area contributed by atoms with Crippen molar-refractivity contribution in [2.75, 3.05) is 0 Å². The highest BCUT2D eigenvalue weighted by Crippen LogP contribution is 2.40. The Labute approximate surface area is 109 Å². The highest BCUT2D eigenvalue weighted by molar-refractivity contribution is 6.30. The van der Waals surface area contributed by atoms with E-state index in [1.807, 2.05) is 0 Å². The van der Waals surface area contributed by atoms with Gasteiger partial charge in [-0.25, -0.2) is 4.39 Å². The molecule has 0 amide bonds. The monoisotopic (exact) mass is 272 g/mol. The fourth-order valence-corrected chi connectivity index (χ4v) is 2.76. The summed E-state index contributed by atoms with van der Waals surface area (Å²) in [6.07, 6.45) is 1.21. The molecule has 1 aromatic carbocycles. The van der Waals surface area contributed by atoms with Crippen molar-refractivity contribution in [3.63, 3.8) is 0 Å². The zero-order chi connectivity index (χ0) is 13.3. The number of aliphatic hydroxyl groups excluding tert-OH is 1. The lowest BCUT2D eigenvalue weighted by molar-refractivity contribution is -0.151. The molecule has 1 aliphatic carbocycles. The van der Waals surface area contributed by atoms with Crippen LogP contribution in [-0.2, 0) is 10.2 Å². The molecular formula is C13H14ClFO3. The van der Waals surface area contributed by atoms with Crippen molar-refractivity contribution in [3.8, 4) is 0 Å². The van der Waals surface area contributed by atoms with Crippen LogP contribution in [0.5, 0.6) is 0 Å². The molecule has 3 nitrogen and oxygen atoms in total. The van der Waals surface area contributed by atoms with Crippen molar-refractivity contribution in [2.24, 2.45) is 0 Å². The number of carbonyl (C=O) groups is 1. The van der Waals surface area contributed by atoms with Crippen molar-refractivity contribution in [3.05, 3.63) is 34.6 Å². The molecule has 0 bridgehead atoms. The fraction of sp³-hybridized carbons (Fsp3) is 0.462. The Bertz CT molecular complexity index is 477. The summed E-state index contributed by atoms with van der Waals surface area (Å²) in [4.78, 5) is 11.6. The van der Waals surface area contributed by atoms with E-state index >= 15 is 0 Å². The number of carboxylic acid groups (broad SMARTS) is 1. The molecule has 2 rings (SSSR count). The van der Waals surface area contributed by atoms with Crippen molar-refractivity contribution in [1.29, 1.82) is 0 Å². The summed E-state index contributed by atoms with van der Waals surface area (Å²) in [6, 6.07) is 3.93. The summed E-state index contributed by atoms with van der Waals surface area (Å²) in [7, 11) is 0. The molecule has 98 valence electrons. The average molecular weight is 273 g/mol. The number of aliphatic hydroxyl groups is 1. The average Bonchev–Trinajstić information content (AvgIpc) is 2.33. The Morgan fingerprint density at radius 3 is 2.72 bits per heavy atom. The normalized spacial score (nSPS) is 28.1. The van der Waals surface area contributed by atoms with Crippen molar-refractivity contribution < 1.29 is 19.4 Å². The van der Waals surface area contributed by atoms with Gasteiger partial charge in [-0.2, -0.15) is 0 Å². The molecule has 2 N–H and O–H groups in total. The van der Waals surface area contributed by atoms with Gasteiger partial charge in [0.15, 0.2) is 0 Å². The van der Waals surface area contributed by atoms with Gasteiger partial charge in [-0.15, -0.1) is 0 Å². The van der Waals surface area contributed by atoms with Crippen molar-refractivity contribution in [1.82, 2.24) is 0 Å². The minimum absolute atomic E-state index is 0.0513. The number of halogens is 2. The van der Waals surface area contributed by atoms with Gasteiger partial charge < -0.3 is 10.2 Å². The van der Waals surface area contributed by atoms with Crippen LogP contribution in [0.4, 0.5) is 4.39 Å². The molecule has 0 unspecified atom stereocenters. The predicted octanol–water partition coefficient (Wildman–Crippen LogP) is 2.74. The standard InChI is InChI=1S/C13H14ClFO3/c14-9-5-4-8(7-10(9)15)13(12(17)18)6-2-1-3-11(13)16/h4-5,7,11,16H,1-3,6H2,(H,17,18)/t11-,13+/m0/s1. The first-order valence-electron chi connectivity index (χ1n) is 5.85. The Hall–Kier alpha value is -1.13. The molecule has 1 aliphatic rings. The fourth-order valence-electron chi connectivity index (χ4n) is 2.64. The van der Waals surface area contributed by atoms with E-state index in [1.165, 1.54) is 12.1 Å². The molecule has 0 aliphatic heterocycles. The first-order chi connectivity index (χ1) is 8.48. The third-order valence-corrected chi connectivity index (χ3v) is 3.99. The quantitative estimate of drug-likeness (QED) is 0.870. The maximum Gasteiger partial charge on any atom is 0.316 e. The summed E-state index contributed by atoms with van der Waals surface area (Å²) in [5.41, 5.74) is -1.13. The predicted molar refractivity (Wildman–Crippen MR) is 65.2 cm³/mol. The van der Waals surface area contributed by atoms with Crippen LogP contribution in [0.1, 0.15) is 31.2 Å². The van der Waals surface area contributed by atoms with Gasteiger partial charge >= 0.3 is 5.97 Å². The maximum atomic E-state index is 13.5. The Morgan fingerprint density at radius 1 is 1.44 bits per heavy atom. The first-order valence-corrected chi connectivity index (χ1v) is 6.23. The molecule has 0 aromatic heterocycles. The second-order valence-electron chi connectivity index (χ2n) is 4.67. The molecular weight excluding hydrogens is 259 g/mol. The number of aliphatic carboxylic acids is 1. The van der Waals surface area contributed by atoms with Gasteiger partial charge in [-0.05, 0) is 30.5 Å². The molecule has 0 radical (unpaired) electrons. The third kappa shape index (κ3) is 1.99. The van der Waals surface area contributed by atoms with Crippen molar-refractivity contribution in [2.45, 2.75) is 37.2 Å². The van der Waals surface area contributed by atoms with Gasteiger partial charge in [-0.3, -0.25) is 4.79 Å². The highest BCUT2D eigenvalue weighted by atomic mass is 35.5. The Morgan fingerprint density at radius 2 is 2.17 bits per heavy atom. The SMILES string of the molecule is O=C(O)[C@@]1(c2ccc(Cl)c(F)c2)CCCC[C@@H]1O. The number of rotatable bonds is 2. The second kappa shape index (κ2) is 4.86. The van der Waals surface area contributed by atoms with Gasteiger partial charge in [0.05, 0.1) is 11.1 Å². The molecule has 0 saturated heterocycles. The lowest BCUT2D eigenvalue weighted by Crippen LogP contribution is -2.48. The third-order valence-electron chi connectivity index (χ3n) is 3.68. The van der Waals surface area contributed by atoms with Gasteiger partial charge in [-0.1, -0.05) is 30.5 Å². The van der Waals surface area contributed by atoms with Crippen LogP contribution in [0.15, 0.2) is 18.2 Å². The largest absolute Gasteiger partial charge is 0.481 e. The Balaban J connectivity index is 2.52. The van der Waals surface area contributed by atoms with Crippen LogP contribution >= 0.6 is 11.6 Å². The maximum absolute atomic E-state index is 13.5. The smallest absolute Gasteiger partial charge is 0.316 e. The summed E-state index contributed by atoms with van der Waals surface area (Å²) in [5, 5.41) is 19.5. The van der Waals surface area contributed by atoms with Crippen LogP contribution in [-0.4, -0.2) is 22.3 Å². The van der Waals surface area contributed by atoms with E-state index in [2.05, 4.69) is 0 Å². The van der Waals surface area contributed by atoms with E-state index in [-0.39, 0.29) is 10.6 Å². The van der Waals surface area contributed by atoms with Crippen LogP contribution < -0.4 is 0 Å². The summed E-state index contributed by atoms with van der Waals surface area (Å²) < 4.78 is 13.5. The molecule has 0 spiro atoms. The number of hydrogen-bond donors (Lipinski definition) is 2.